The summed E-state index contributed by atoms with van der Waals surface area (Å²) in [5.41, 5.74) is 4.18. The molecule has 3 heterocycles. The summed E-state index contributed by atoms with van der Waals surface area (Å²) in [5, 5.41) is 11.5. The zero-order valence-electron chi connectivity index (χ0n) is 21.5. The molecule has 3 N–H and O–H groups in total. The number of ether oxygens (including phenoxy) is 1. The lowest BCUT2D eigenvalue weighted by molar-refractivity contribution is -0.116. The molecule has 2 aromatic heterocycles. The molecule has 37 heavy (non-hydrogen) atoms. The molecule has 2 aliphatic rings. The standard InChI is InChI=1S/C27H33N7O2S/c1-4-36-23-17-18(34-14-12-33(3)13-15-34)9-10-21(23)30-27-31-22-11-16-37-24(22)25(32-27)29-20-8-6-5-7-19(20)26(35)28-2/h7-11,16-17H,4-6,12-15H2,1-3H3,(H,28,35)(H2,29,30,31,32). The van der Waals surface area contributed by atoms with Crippen LogP contribution in [0.5, 0.6) is 5.75 Å². The predicted octanol–water partition coefficient (Wildman–Crippen LogP) is 4.35. The first-order valence-electron chi connectivity index (χ1n) is 12.7. The first-order chi connectivity index (χ1) is 18.1. The van der Waals surface area contributed by atoms with Crippen molar-refractivity contribution >= 4 is 50.6 Å². The zero-order valence-corrected chi connectivity index (χ0v) is 22.3. The molecule has 0 saturated carbocycles. The van der Waals surface area contributed by atoms with Gasteiger partial charge in [0, 0.05) is 50.7 Å². The van der Waals surface area contributed by atoms with Gasteiger partial charge in [0.1, 0.15) is 5.75 Å². The Labute approximate surface area is 221 Å². The van der Waals surface area contributed by atoms with E-state index >= 15 is 0 Å². The number of fused-ring (bicyclic) bond motifs is 1. The number of anilines is 4. The highest BCUT2D eigenvalue weighted by atomic mass is 32.1. The van der Waals surface area contributed by atoms with Crippen LogP contribution < -0.4 is 25.6 Å². The number of thiophene rings is 1. The van der Waals surface area contributed by atoms with Crippen molar-refractivity contribution in [1.29, 1.82) is 0 Å². The minimum absolute atomic E-state index is 0.116. The van der Waals surface area contributed by atoms with Crippen LogP contribution >= 0.6 is 11.3 Å². The Morgan fingerprint density at radius 2 is 1.89 bits per heavy atom. The van der Waals surface area contributed by atoms with Crippen molar-refractivity contribution in [2.45, 2.75) is 19.8 Å². The lowest BCUT2D eigenvalue weighted by Gasteiger charge is -2.34. The fourth-order valence-electron chi connectivity index (χ4n) is 4.55. The van der Waals surface area contributed by atoms with Gasteiger partial charge in [-0.25, -0.2) is 4.98 Å². The van der Waals surface area contributed by atoms with Gasteiger partial charge in [0.2, 0.25) is 5.95 Å². The minimum atomic E-state index is -0.116. The molecule has 1 aliphatic carbocycles. The summed E-state index contributed by atoms with van der Waals surface area (Å²) in [6.45, 7) is 6.61. The quantitative estimate of drug-likeness (QED) is 0.405. The van der Waals surface area contributed by atoms with Crippen LogP contribution in [0.15, 0.2) is 53.1 Å². The molecule has 1 fully saturated rings. The van der Waals surface area contributed by atoms with Crippen molar-refractivity contribution in [3.05, 3.63) is 53.1 Å². The van der Waals surface area contributed by atoms with Crippen molar-refractivity contribution in [3.63, 3.8) is 0 Å². The molecular weight excluding hydrogens is 486 g/mol. The Balaban J connectivity index is 1.43. The maximum atomic E-state index is 12.4. The topological polar surface area (TPSA) is 94.7 Å². The van der Waals surface area contributed by atoms with Crippen molar-refractivity contribution in [1.82, 2.24) is 20.2 Å². The second-order valence-electron chi connectivity index (χ2n) is 9.08. The van der Waals surface area contributed by atoms with E-state index in [0.717, 1.165) is 72.1 Å². The number of allylic oxidation sites excluding steroid dienone is 2. The number of nitrogens with one attached hydrogen (secondary N) is 3. The molecule has 0 bridgehead atoms. The number of rotatable bonds is 8. The molecule has 0 spiro atoms. The zero-order chi connectivity index (χ0) is 25.8. The summed E-state index contributed by atoms with van der Waals surface area (Å²) in [4.78, 5) is 26.7. The van der Waals surface area contributed by atoms with E-state index in [2.05, 4.69) is 44.9 Å². The summed E-state index contributed by atoms with van der Waals surface area (Å²) in [7, 11) is 3.80. The maximum Gasteiger partial charge on any atom is 0.252 e. The number of piperazine rings is 1. The molecule has 5 rings (SSSR count). The van der Waals surface area contributed by atoms with Crippen LogP contribution in [0.4, 0.5) is 23.1 Å². The van der Waals surface area contributed by atoms with Gasteiger partial charge in [-0.1, -0.05) is 12.2 Å². The molecule has 3 aromatic rings. The van der Waals surface area contributed by atoms with E-state index in [1.807, 2.05) is 36.6 Å². The molecule has 1 aliphatic heterocycles. The van der Waals surface area contributed by atoms with E-state index in [9.17, 15) is 4.79 Å². The van der Waals surface area contributed by atoms with E-state index < -0.39 is 0 Å². The van der Waals surface area contributed by atoms with E-state index in [4.69, 9.17) is 14.7 Å². The fraction of sp³-hybridized carbons (Fsp3) is 0.370. The number of amides is 1. The third-order valence-corrected chi connectivity index (χ3v) is 7.47. The second kappa shape index (κ2) is 11.2. The van der Waals surface area contributed by atoms with Crippen molar-refractivity contribution < 1.29 is 9.53 Å². The molecule has 0 radical (unpaired) electrons. The highest BCUT2D eigenvalue weighted by Gasteiger charge is 2.20. The molecule has 9 nitrogen and oxygen atoms in total. The lowest BCUT2D eigenvalue weighted by Crippen LogP contribution is -2.44. The van der Waals surface area contributed by atoms with Gasteiger partial charge < -0.3 is 30.5 Å². The number of nitrogens with zero attached hydrogens (tertiary/aromatic N) is 4. The first-order valence-corrected chi connectivity index (χ1v) is 13.6. The van der Waals surface area contributed by atoms with Gasteiger partial charge in [0.15, 0.2) is 5.82 Å². The first kappa shape index (κ1) is 25.0. The van der Waals surface area contributed by atoms with Crippen LogP contribution in [0.3, 0.4) is 0 Å². The van der Waals surface area contributed by atoms with Crippen LogP contribution in [0.25, 0.3) is 10.2 Å². The normalized spacial score (nSPS) is 16.2. The Morgan fingerprint density at radius 3 is 2.68 bits per heavy atom. The van der Waals surface area contributed by atoms with Crippen LogP contribution in [-0.2, 0) is 4.79 Å². The van der Waals surface area contributed by atoms with E-state index in [0.29, 0.717) is 23.9 Å². The Hall–Kier alpha value is -3.63. The molecule has 194 valence electrons. The SMILES string of the molecule is CCOc1cc(N2CCN(C)CC2)ccc1Nc1nc(NC2=CCCC=C2C(=O)NC)c2sccc2n1. The number of hydrogen-bond donors (Lipinski definition) is 3. The highest BCUT2D eigenvalue weighted by Crippen LogP contribution is 2.35. The third kappa shape index (κ3) is 5.55. The third-order valence-electron chi connectivity index (χ3n) is 6.56. The number of carbonyl (C=O) groups excluding carboxylic acids is 1. The number of aromatic nitrogens is 2. The summed E-state index contributed by atoms with van der Waals surface area (Å²) >= 11 is 1.57. The summed E-state index contributed by atoms with van der Waals surface area (Å²) in [6, 6.07) is 8.21. The minimum Gasteiger partial charge on any atom is -0.492 e. The van der Waals surface area contributed by atoms with Crippen LogP contribution in [0.1, 0.15) is 19.8 Å². The number of benzene rings is 1. The average Bonchev–Trinajstić information content (AvgIpc) is 3.39. The molecule has 1 aromatic carbocycles. The molecule has 1 saturated heterocycles. The molecular formula is C27H33N7O2S. The Morgan fingerprint density at radius 1 is 1.08 bits per heavy atom. The highest BCUT2D eigenvalue weighted by molar-refractivity contribution is 7.17. The number of likely N-dealkylation sites (N-methyl/N-ethyl adjacent to an activating group) is 2. The summed E-state index contributed by atoms with van der Waals surface area (Å²) < 4.78 is 6.94. The van der Waals surface area contributed by atoms with Gasteiger partial charge in [0.05, 0.1) is 28.1 Å². The van der Waals surface area contributed by atoms with Crippen molar-refractivity contribution in [2.24, 2.45) is 0 Å². The van der Waals surface area contributed by atoms with Crippen LogP contribution in [-0.4, -0.2) is 67.7 Å². The van der Waals surface area contributed by atoms with E-state index in [1.165, 1.54) is 0 Å². The summed E-state index contributed by atoms with van der Waals surface area (Å²) in [5.74, 6) is 1.78. The van der Waals surface area contributed by atoms with Gasteiger partial charge >= 0.3 is 0 Å². The van der Waals surface area contributed by atoms with E-state index in [1.54, 1.807) is 18.4 Å². The van der Waals surface area contributed by atoms with Gasteiger partial charge in [-0.2, -0.15) is 4.98 Å². The largest absolute Gasteiger partial charge is 0.492 e. The molecule has 0 atom stereocenters. The Bertz CT molecular complexity index is 1340. The Kier molecular flexibility index (Phi) is 7.57. The maximum absolute atomic E-state index is 12.4. The fourth-order valence-corrected chi connectivity index (χ4v) is 5.32. The lowest BCUT2D eigenvalue weighted by atomic mass is 10.0. The smallest absolute Gasteiger partial charge is 0.252 e. The summed E-state index contributed by atoms with van der Waals surface area (Å²) in [6.07, 6.45) is 5.71. The second-order valence-corrected chi connectivity index (χ2v) is 9.99. The number of carbonyl (C=O) groups is 1. The molecule has 0 unspecified atom stereocenters. The number of hydrogen-bond acceptors (Lipinski definition) is 9. The van der Waals surface area contributed by atoms with E-state index in [-0.39, 0.29) is 5.91 Å². The predicted molar refractivity (Wildman–Crippen MR) is 151 cm³/mol. The van der Waals surface area contributed by atoms with Crippen molar-refractivity contribution in [2.75, 3.05) is 62.4 Å². The van der Waals surface area contributed by atoms with Gasteiger partial charge in [0.25, 0.3) is 5.91 Å². The van der Waals surface area contributed by atoms with Crippen LogP contribution in [0, 0.1) is 0 Å². The van der Waals surface area contributed by atoms with Crippen LogP contribution in [0.2, 0.25) is 0 Å². The molecule has 10 heteroatoms. The van der Waals surface area contributed by atoms with Gasteiger partial charge in [-0.15, -0.1) is 11.3 Å². The van der Waals surface area contributed by atoms with Gasteiger partial charge in [-0.3, -0.25) is 4.79 Å². The van der Waals surface area contributed by atoms with Gasteiger partial charge in [-0.05, 0) is 50.4 Å². The van der Waals surface area contributed by atoms with Crippen molar-refractivity contribution in [3.8, 4) is 5.75 Å². The molecule has 1 amide bonds. The monoisotopic (exact) mass is 519 g/mol. The average molecular weight is 520 g/mol.